The highest BCUT2D eigenvalue weighted by Gasteiger charge is 2.11. The van der Waals surface area contributed by atoms with Gasteiger partial charge >= 0.3 is 0 Å². The molecule has 2 aromatic carbocycles. The highest BCUT2D eigenvalue weighted by Crippen LogP contribution is 2.23. The largest absolute Gasteiger partial charge is 0.332 e. The molecule has 3 aromatic rings. The summed E-state index contributed by atoms with van der Waals surface area (Å²) in [5.74, 6) is -0.139. The van der Waals surface area contributed by atoms with Crippen molar-refractivity contribution >= 4 is 59.5 Å². The van der Waals surface area contributed by atoms with E-state index in [9.17, 15) is 13.2 Å². The van der Waals surface area contributed by atoms with Crippen molar-refractivity contribution in [1.29, 1.82) is 0 Å². The van der Waals surface area contributed by atoms with Gasteiger partial charge in [0.25, 0.3) is 0 Å². The summed E-state index contributed by atoms with van der Waals surface area (Å²) in [6, 6.07) is 12.1. The van der Waals surface area contributed by atoms with Gasteiger partial charge in [-0.1, -0.05) is 15.9 Å². The molecule has 0 fully saturated rings. The van der Waals surface area contributed by atoms with Gasteiger partial charge < -0.3 is 10.6 Å². The Hall–Kier alpha value is -2.23. The van der Waals surface area contributed by atoms with E-state index >= 15 is 0 Å². The summed E-state index contributed by atoms with van der Waals surface area (Å²) >= 11 is 4.78. The molecule has 0 spiro atoms. The number of hydrogen-bond acceptors (Lipinski definition) is 6. The first kappa shape index (κ1) is 20.5. The maximum absolute atomic E-state index is 12.3. The molecule has 28 heavy (non-hydrogen) atoms. The molecule has 1 heterocycles. The Balaban J connectivity index is 1.61. The molecule has 0 aliphatic rings. The molecule has 0 radical (unpaired) electrons. The monoisotopic (exact) mass is 479 g/mol. The van der Waals surface area contributed by atoms with Gasteiger partial charge in [-0.15, -0.1) is 11.3 Å². The quantitative estimate of drug-likeness (QED) is 0.541. The lowest BCUT2D eigenvalue weighted by Crippen LogP contribution is -2.15. The SMILES string of the molecule is Cc1cc(Br)ccc1NC(=O)Cc1csc(Nc2ccc(S(C)(=O)=O)cc2)n1. The van der Waals surface area contributed by atoms with Crippen molar-refractivity contribution in [3.63, 3.8) is 0 Å². The van der Waals surface area contributed by atoms with E-state index in [0.717, 1.165) is 21.4 Å². The molecule has 0 bridgehead atoms. The van der Waals surface area contributed by atoms with Crippen LogP contribution in [0.2, 0.25) is 0 Å². The van der Waals surface area contributed by atoms with Crippen LogP contribution in [0.1, 0.15) is 11.3 Å². The third kappa shape index (κ3) is 5.40. The number of benzene rings is 2. The van der Waals surface area contributed by atoms with Gasteiger partial charge in [-0.05, 0) is 55.0 Å². The molecule has 0 aliphatic carbocycles. The molecular weight excluding hydrogens is 462 g/mol. The van der Waals surface area contributed by atoms with Crippen molar-refractivity contribution in [3.05, 3.63) is 63.6 Å². The number of aryl methyl sites for hydroxylation is 1. The molecule has 1 amide bonds. The maximum atomic E-state index is 12.3. The number of thiazole rings is 1. The molecule has 0 unspecified atom stereocenters. The number of amides is 1. The zero-order valence-corrected chi connectivity index (χ0v) is 18.4. The van der Waals surface area contributed by atoms with Crippen molar-refractivity contribution in [2.75, 3.05) is 16.9 Å². The van der Waals surface area contributed by atoms with Gasteiger partial charge in [0.15, 0.2) is 15.0 Å². The minimum absolute atomic E-state index is 0.139. The smallest absolute Gasteiger partial charge is 0.230 e. The second kappa shape index (κ2) is 8.42. The van der Waals surface area contributed by atoms with E-state index < -0.39 is 9.84 Å². The average molecular weight is 480 g/mol. The number of nitrogens with zero attached hydrogens (tertiary/aromatic N) is 1. The van der Waals surface area contributed by atoms with Crippen molar-refractivity contribution in [2.24, 2.45) is 0 Å². The maximum Gasteiger partial charge on any atom is 0.230 e. The third-order valence-electron chi connectivity index (χ3n) is 3.89. The Labute approximate surface area is 176 Å². The van der Waals surface area contributed by atoms with E-state index in [0.29, 0.717) is 10.8 Å². The predicted molar refractivity (Wildman–Crippen MR) is 116 cm³/mol. The molecule has 0 saturated carbocycles. The number of carbonyl (C=O) groups is 1. The number of nitrogens with one attached hydrogen (secondary N) is 2. The van der Waals surface area contributed by atoms with Crippen LogP contribution in [0.25, 0.3) is 0 Å². The third-order valence-corrected chi connectivity index (χ3v) is 6.32. The fraction of sp³-hybridized carbons (Fsp3) is 0.158. The van der Waals surface area contributed by atoms with Crippen molar-refractivity contribution in [3.8, 4) is 0 Å². The average Bonchev–Trinajstić information content (AvgIpc) is 3.04. The first-order chi connectivity index (χ1) is 13.2. The van der Waals surface area contributed by atoms with Crippen LogP contribution in [-0.4, -0.2) is 25.6 Å². The number of halogens is 1. The lowest BCUT2D eigenvalue weighted by Gasteiger charge is -2.08. The number of hydrogen-bond donors (Lipinski definition) is 2. The van der Waals surface area contributed by atoms with Crippen LogP contribution < -0.4 is 10.6 Å². The summed E-state index contributed by atoms with van der Waals surface area (Å²) in [4.78, 5) is 17.0. The number of anilines is 3. The second-order valence-electron chi connectivity index (χ2n) is 6.25. The Morgan fingerprint density at radius 2 is 1.89 bits per heavy atom. The van der Waals surface area contributed by atoms with Crippen LogP contribution in [0.5, 0.6) is 0 Å². The Morgan fingerprint density at radius 1 is 1.18 bits per heavy atom. The van der Waals surface area contributed by atoms with Crippen LogP contribution in [-0.2, 0) is 21.1 Å². The van der Waals surface area contributed by atoms with Gasteiger partial charge in [0.05, 0.1) is 17.0 Å². The Bertz CT molecular complexity index is 1110. The summed E-state index contributed by atoms with van der Waals surface area (Å²) in [5, 5.41) is 8.46. The summed E-state index contributed by atoms with van der Waals surface area (Å²) in [6.45, 7) is 1.93. The van der Waals surface area contributed by atoms with E-state index in [1.807, 2.05) is 30.5 Å². The highest BCUT2D eigenvalue weighted by molar-refractivity contribution is 9.10. The minimum Gasteiger partial charge on any atom is -0.332 e. The van der Waals surface area contributed by atoms with Gasteiger partial charge in [0.2, 0.25) is 5.91 Å². The van der Waals surface area contributed by atoms with E-state index in [2.05, 4.69) is 31.5 Å². The zero-order valence-electron chi connectivity index (χ0n) is 15.2. The number of sulfone groups is 1. The van der Waals surface area contributed by atoms with Crippen molar-refractivity contribution < 1.29 is 13.2 Å². The summed E-state index contributed by atoms with van der Waals surface area (Å²) in [7, 11) is -3.22. The summed E-state index contributed by atoms with van der Waals surface area (Å²) in [6.07, 6.45) is 1.34. The fourth-order valence-electron chi connectivity index (χ4n) is 2.48. The minimum atomic E-state index is -3.22. The van der Waals surface area contributed by atoms with Crippen LogP contribution in [0.15, 0.2) is 57.2 Å². The predicted octanol–water partition coefficient (Wildman–Crippen LogP) is 4.54. The van der Waals surface area contributed by atoms with Gasteiger partial charge in [0.1, 0.15) is 0 Å². The van der Waals surface area contributed by atoms with Crippen molar-refractivity contribution in [1.82, 2.24) is 4.98 Å². The van der Waals surface area contributed by atoms with E-state index in [1.54, 1.807) is 24.3 Å². The van der Waals surface area contributed by atoms with Crippen molar-refractivity contribution in [2.45, 2.75) is 18.2 Å². The summed E-state index contributed by atoms with van der Waals surface area (Å²) in [5.41, 5.74) is 3.13. The first-order valence-electron chi connectivity index (χ1n) is 8.28. The fourth-order valence-corrected chi connectivity index (χ4v) is 4.32. The zero-order chi connectivity index (χ0) is 20.3. The lowest BCUT2D eigenvalue weighted by molar-refractivity contribution is -0.115. The van der Waals surface area contributed by atoms with E-state index in [-0.39, 0.29) is 17.2 Å². The molecule has 9 heteroatoms. The van der Waals surface area contributed by atoms with Crippen LogP contribution >= 0.6 is 27.3 Å². The molecule has 3 rings (SSSR count). The van der Waals surface area contributed by atoms with Gasteiger partial charge in [-0.3, -0.25) is 4.79 Å². The lowest BCUT2D eigenvalue weighted by atomic mass is 10.2. The second-order valence-corrected chi connectivity index (χ2v) is 10.0. The molecular formula is C19H18BrN3O3S2. The molecule has 2 N–H and O–H groups in total. The van der Waals surface area contributed by atoms with Gasteiger partial charge in [0, 0.05) is 27.5 Å². The molecule has 0 aliphatic heterocycles. The van der Waals surface area contributed by atoms with E-state index in [1.165, 1.54) is 17.6 Å². The van der Waals surface area contributed by atoms with Crippen LogP contribution in [0.4, 0.5) is 16.5 Å². The number of rotatable bonds is 6. The molecule has 1 aromatic heterocycles. The topological polar surface area (TPSA) is 88.2 Å². The molecule has 6 nitrogen and oxygen atoms in total. The van der Waals surface area contributed by atoms with Crippen LogP contribution in [0.3, 0.4) is 0 Å². The molecule has 0 atom stereocenters. The highest BCUT2D eigenvalue weighted by atomic mass is 79.9. The Morgan fingerprint density at radius 3 is 2.54 bits per heavy atom. The number of aromatic nitrogens is 1. The van der Waals surface area contributed by atoms with Gasteiger partial charge in [-0.25, -0.2) is 13.4 Å². The van der Waals surface area contributed by atoms with E-state index in [4.69, 9.17) is 0 Å². The Kier molecular flexibility index (Phi) is 6.17. The first-order valence-corrected chi connectivity index (χ1v) is 11.8. The van der Waals surface area contributed by atoms with Gasteiger partial charge in [-0.2, -0.15) is 0 Å². The van der Waals surface area contributed by atoms with Crippen LogP contribution in [0, 0.1) is 6.92 Å². The molecule has 0 saturated heterocycles. The number of carbonyl (C=O) groups excluding carboxylic acids is 1. The molecule has 146 valence electrons. The normalized spacial score (nSPS) is 11.2. The standard InChI is InChI=1S/C19H18BrN3O3S2/c1-12-9-13(20)3-8-17(12)23-18(24)10-15-11-27-19(22-15)21-14-4-6-16(7-5-14)28(2,25)26/h3-9,11H,10H2,1-2H3,(H,21,22)(H,23,24). The summed E-state index contributed by atoms with van der Waals surface area (Å²) < 4.78 is 24.0.